The summed E-state index contributed by atoms with van der Waals surface area (Å²) in [6, 6.07) is 7.01. The number of anilines is 1. The first-order valence-electron chi connectivity index (χ1n) is 6.56. The lowest BCUT2D eigenvalue weighted by atomic mass is 10.2. The van der Waals surface area contributed by atoms with E-state index >= 15 is 0 Å². The second-order valence-corrected chi connectivity index (χ2v) is 6.15. The number of aromatic nitrogens is 2. The topological polar surface area (TPSA) is 64.1 Å². The molecule has 7 heteroatoms. The Morgan fingerprint density at radius 1 is 1.33 bits per heavy atom. The Hall–Kier alpha value is -1.66. The molecule has 1 aromatic carbocycles. The Morgan fingerprint density at radius 3 is 2.67 bits per heavy atom. The predicted molar refractivity (Wildman–Crippen MR) is 84.2 cm³/mol. The highest BCUT2D eigenvalue weighted by Gasteiger charge is 2.10. The Kier molecular flexibility index (Phi) is 5.52. The van der Waals surface area contributed by atoms with Crippen LogP contribution < -0.4 is 10.1 Å². The van der Waals surface area contributed by atoms with Crippen molar-refractivity contribution in [3.63, 3.8) is 0 Å². The molecule has 0 aliphatic carbocycles. The molecule has 0 radical (unpaired) electrons. The van der Waals surface area contributed by atoms with Gasteiger partial charge in [-0.15, -0.1) is 10.2 Å². The van der Waals surface area contributed by atoms with Gasteiger partial charge in [0.2, 0.25) is 11.0 Å². The largest absolute Gasteiger partial charge is 0.493 e. The monoisotopic (exact) mass is 325 g/mol. The van der Waals surface area contributed by atoms with Crippen LogP contribution in [-0.2, 0) is 4.79 Å². The van der Waals surface area contributed by atoms with E-state index in [2.05, 4.69) is 15.5 Å². The van der Waals surface area contributed by atoms with Crippen LogP contribution in [0.15, 0.2) is 24.3 Å². The van der Waals surface area contributed by atoms with E-state index in [4.69, 9.17) is 16.3 Å². The van der Waals surface area contributed by atoms with Crippen LogP contribution >= 0.6 is 22.9 Å². The van der Waals surface area contributed by atoms with E-state index < -0.39 is 0 Å². The van der Waals surface area contributed by atoms with Crippen LogP contribution in [0.5, 0.6) is 5.75 Å². The summed E-state index contributed by atoms with van der Waals surface area (Å²) >= 11 is 7.17. The minimum atomic E-state index is -0.143. The first-order chi connectivity index (χ1) is 10.0. The molecule has 0 unspecified atom stereocenters. The summed E-state index contributed by atoms with van der Waals surface area (Å²) in [5.41, 5.74) is 0. The van der Waals surface area contributed by atoms with Gasteiger partial charge in [-0.2, -0.15) is 0 Å². The molecular formula is C14H16ClN3O2S. The SMILES string of the molecule is CC(C)c1nnc(NC(=O)CCOc2ccc(Cl)cc2)s1. The van der Waals surface area contributed by atoms with Crippen LogP contribution in [0.2, 0.25) is 5.02 Å². The number of rotatable bonds is 6. The van der Waals surface area contributed by atoms with Gasteiger partial charge >= 0.3 is 0 Å². The minimum Gasteiger partial charge on any atom is -0.493 e. The molecule has 2 rings (SSSR count). The number of halogens is 1. The second-order valence-electron chi connectivity index (χ2n) is 4.70. The summed E-state index contributed by atoms with van der Waals surface area (Å²) in [5.74, 6) is 0.849. The summed E-state index contributed by atoms with van der Waals surface area (Å²) in [6.45, 7) is 4.36. The first-order valence-corrected chi connectivity index (χ1v) is 7.75. The molecule has 21 heavy (non-hydrogen) atoms. The third-order valence-corrected chi connectivity index (χ3v) is 3.98. The Balaban J connectivity index is 1.75. The summed E-state index contributed by atoms with van der Waals surface area (Å²) in [5, 5.41) is 12.7. The molecule has 112 valence electrons. The molecule has 1 amide bonds. The van der Waals surface area contributed by atoms with Gasteiger partial charge < -0.3 is 10.1 Å². The predicted octanol–water partition coefficient (Wildman–Crippen LogP) is 3.72. The maximum absolute atomic E-state index is 11.8. The molecule has 5 nitrogen and oxygen atoms in total. The number of carbonyl (C=O) groups is 1. The van der Waals surface area contributed by atoms with Gasteiger partial charge in [-0.05, 0) is 24.3 Å². The summed E-state index contributed by atoms with van der Waals surface area (Å²) < 4.78 is 5.46. The molecule has 0 atom stereocenters. The van der Waals surface area contributed by atoms with Gasteiger partial charge in [-0.3, -0.25) is 4.79 Å². The number of nitrogens with one attached hydrogen (secondary N) is 1. The number of ether oxygens (including phenoxy) is 1. The number of amides is 1. The fourth-order valence-corrected chi connectivity index (χ4v) is 2.38. The summed E-state index contributed by atoms with van der Waals surface area (Å²) in [7, 11) is 0. The van der Waals surface area contributed by atoms with E-state index in [0.29, 0.717) is 28.4 Å². The van der Waals surface area contributed by atoms with Gasteiger partial charge in [0, 0.05) is 10.9 Å². The number of nitrogens with zero attached hydrogens (tertiary/aromatic N) is 2. The van der Waals surface area contributed by atoms with Gasteiger partial charge in [0.25, 0.3) is 0 Å². The number of benzene rings is 1. The Bertz CT molecular complexity index is 599. The fraction of sp³-hybridized carbons (Fsp3) is 0.357. The molecule has 0 bridgehead atoms. The smallest absolute Gasteiger partial charge is 0.229 e. The lowest BCUT2D eigenvalue weighted by Crippen LogP contribution is -2.15. The van der Waals surface area contributed by atoms with Crippen molar-refractivity contribution in [3.05, 3.63) is 34.3 Å². The summed E-state index contributed by atoms with van der Waals surface area (Å²) in [4.78, 5) is 11.8. The van der Waals surface area contributed by atoms with Crippen molar-refractivity contribution < 1.29 is 9.53 Å². The van der Waals surface area contributed by atoms with Crippen molar-refractivity contribution in [1.82, 2.24) is 10.2 Å². The highest BCUT2D eigenvalue weighted by atomic mass is 35.5. The van der Waals surface area contributed by atoms with E-state index in [1.807, 2.05) is 13.8 Å². The van der Waals surface area contributed by atoms with Crippen molar-refractivity contribution >= 4 is 34.0 Å². The standard InChI is InChI=1S/C14H16ClN3O2S/c1-9(2)13-17-18-14(21-13)16-12(19)7-8-20-11-5-3-10(15)4-6-11/h3-6,9H,7-8H2,1-2H3,(H,16,18,19). The lowest BCUT2D eigenvalue weighted by molar-refractivity contribution is -0.116. The van der Waals surface area contributed by atoms with Gasteiger partial charge in [0.1, 0.15) is 10.8 Å². The molecule has 1 aromatic heterocycles. The van der Waals surface area contributed by atoms with E-state index in [9.17, 15) is 4.79 Å². The second kappa shape index (κ2) is 7.38. The van der Waals surface area contributed by atoms with Gasteiger partial charge in [0.15, 0.2) is 0 Å². The van der Waals surface area contributed by atoms with Crippen molar-refractivity contribution in [2.45, 2.75) is 26.2 Å². The molecule has 0 fully saturated rings. The summed E-state index contributed by atoms with van der Waals surface area (Å²) in [6.07, 6.45) is 0.249. The average molecular weight is 326 g/mol. The number of hydrogen-bond donors (Lipinski definition) is 1. The maximum atomic E-state index is 11.8. The maximum Gasteiger partial charge on any atom is 0.229 e. The van der Waals surface area contributed by atoms with Crippen molar-refractivity contribution in [2.24, 2.45) is 0 Å². The van der Waals surface area contributed by atoms with Crippen LogP contribution in [0.25, 0.3) is 0 Å². The van der Waals surface area contributed by atoms with Crippen LogP contribution in [-0.4, -0.2) is 22.7 Å². The van der Waals surface area contributed by atoms with Crippen LogP contribution in [0, 0.1) is 0 Å². The number of hydrogen-bond acceptors (Lipinski definition) is 5. The van der Waals surface area contributed by atoms with Gasteiger partial charge in [-0.1, -0.05) is 36.8 Å². The van der Waals surface area contributed by atoms with E-state index in [0.717, 1.165) is 5.01 Å². The Labute approximate surface area is 132 Å². The third kappa shape index (κ3) is 4.99. The quantitative estimate of drug-likeness (QED) is 0.879. The van der Waals surface area contributed by atoms with Gasteiger partial charge in [0.05, 0.1) is 13.0 Å². The highest BCUT2D eigenvalue weighted by molar-refractivity contribution is 7.15. The third-order valence-electron chi connectivity index (χ3n) is 2.59. The molecule has 1 N–H and O–H groups in total. The van der Waals surface area contributed by atoms with Crippen LogP contribution in [0.3, 0.4) is 0 Å². The lowest BCUT2D eigenvalue weighted by Gasteiger charge is -2.05. The van der Waals surface area contributed by atoms with E-state index in [-0.39, 0.29) is 12.3 Å². The average Bonchev–Trinajstić information content (AvgIpc) is 2.90. The highest BCUT2D eigenvalue weighted by Crippen LogP contribution is 2.22. The van der Waals surface area contributed by atoms with Gasteiger partial charge in [-0.25, -0.2) is 0 Å². The minimum absolute atomic E-state index is 0.143. The fourth-order valence-electron chi connectivity index (χ4n) is 1.49. The molecule has 0 aliphatic rings. The molecule has 0 saturated carbocycles. The van der Waals surface area contributed by atoms with Crippen molar-refractivity contribution in [2.75, 3.05) is 11.9 Å². The normalized spacial score (nSPS) is 10.7. The zero-order chi connectivity index (χ0) is 15.2. The molecule has 0 spiro atoms. The van der Waals surface area contributed by atoms with Crippen LogP contribution in [0.1, 0.15) is 31.2 Å². The molecule has 1 heterocycles. The Morgan fingerprint density at radius 2 is 2.05 bits per heavy atom. The molecule has 0 saturated heterocycles. The van der Waals surface area contributed by atoms with Crippen LogP contribution in [0.4, 0.5) is 5.13 Å². The molecule has 0 aliphatic heterocycles. The molecular weight excluding hydrogens is 310 g/mol. The van der Waals surface area contributed by atoms with E-state index in [1.54, 1.807) is 24.3 Å². The van der Waals surface area contributed by atoms with E-state index in [1.165, 1.54) is 11.3 Å². The van der Waals surface area contributed by atoms with Crippen molar-refractivity contribution in [1.29, 1.82) is 0 Å². The first kappa shape index (κ1) is 15.7. The zero-order valence-corrected chi connectivity index (χ0v) is 13.4. The van der Waals surface area contributed by atoms with Crippen molar-refractivity contribution in [3.8, 4) is 5.75 Å². The zero-order valence-electron chi connectivity index (χ0n) is 11.8. The number of carbonyl (C=O) groups excluding carboxylic acids is 1. The molecule has 2 aromatic rings.